The van der Waals surface area contributed by atoms with Crippen molar-refractivity contribution in [3.05, 3.63) is 95.7 Å². The molecule has 0 saturated carbocycles. The first-order chi connectivity index (χ1) is 16.5. The van der Waals surface area contributed by atoms with Gasteiger partial charge in [0.15, 0.2) is 5.69 Å². The molecular formula is C27H25N3O4. The zero-order valence-corrected chi connectivity index (χ0v) is 19.2. The number of hydrogen-bond acceptors (Lipinski definition) is 5. The first-order valence-electron chi connectivity index (χ1n) is 10.9. The molecule has 1 aromatic heterocycles. The third kappa shape index (κ3) is 4.83. The van der Waals surface area contributed by atoms with Gasteiger partial charge in [0, 0.05) is 16.8 Å². The number of rotatable bonds is 7. The first kappa shape index (κ1) is 22.8. The van der Waals surface area contributed by atoms with Crippen LogP contribution < -0.4 is 10.1 Å². The molecule has 7 nitrogen and oxygen atoms in total. The van der Waals surface area contributed by atoms with Crippen LogP contribution in [0.1, 0.15) is 33.3 Å². The highest BCUT2D eigenvalue weighted by atomic mass is 16.5. The summed E-state index contributed by atoms with van der Waals surface area (Å²) >= 11 is 0. The average Bonchev–Trinajstić information content (AvgIpc) is 3.30. The number of nitrogens with zero attached hydrogens (tertiary/aromatic N) is 2. The van der Waals surface area contributed by atoms with E-state index < -0.39 is 5.97 Å². The number of esters is 1. The maximum absolute atomic E-state index is 12.8. The lowest BCUT2D eigenvalue weighted by molar-refractivity contribution is 0.0519. The van der Waals surface area contributed by atoms with Gasteiger partial charge >= 0.3 is 5.97 Å². The Kier molecular flexibility index (Phi) is 6.73. The Hall–Kier alpha value is -4.39. The number of ether oxygens (including phenoxy) is 2. The molecule has 3 aromatic carbocycles. The fourth-order valence-electron chi connectivity index (χ4n) is 3.60. The minimum absolute atomic E-state index is 0.214. The van der Waals surface area contributed by atoms with Gasteiger partial charge in [0.1, 0.15) is 5.75 Å². The van der Waals surface area contributed by atoms with Crippen molar-refractivity contribution in [2.75, 3.05) is 19.0 Å². The zero-order valence-electron chi connectivity index (χ0n) is 19.2. The van der Waals surface area contributed by atoms with E-state index in [4.69, 9.17) is 9.47 Å². The maximum Gasteiger partial charge on any atom is 0.358 e. The molecule has 0 bridgehead atoms. The highest BCUT2D eigenvalue weighted by molar-refractivity contribution is 6.04. The number of benzene rings is 3. The fourth-order valence-corrected chi connectivity index (χ4v) is 3.60. The standard InChI is InChI=1S/C27H25N3O4/c1-4-34-27(32)23-17-25(30(29-23)24-14-6-5-9-18(24)2)19-10-7-12-21(15-19)28-26(31)20-11-8-13-22(16-20)33-3/h5-17H,4H2,1-3H3,(H,28,31). The Morgan fingerprint density at radius 2 is 1.76 bits per heavy atom. The van der Waals surface area contributed by atoms with Crippen molar-refractivity contribution in [3.8, 4) is 22.7 Å². The lowest BCUT2D eigenvalue weighted by Crippen LogP contribution is -2.12. The van der Waals surface area contributed by atoms with Crippen molar-refractivity contribution in [2.45, 2.75) is 13.8 Å². The van der Waals surface area contributed by atoms with Gasteiger partial charge in [-0.2, -0.15) is 5.10 Å². The highest BCUT2D eigenvalue weighted by Crippen LogP contribution is 2.28. The van der Waals surface area contributed by atoms with Crippen LogP contribution >= 0.6 is 0 Å². The molecule has 0 radical (unpaired) electrons. The zero-order chi connectivity index (χ0) is 24.1. The molecule has 7 heteroatoms. The van der Waals surface area contributed by atoms with E-state index in [9.17, 15) is 9.59 Å². The molecule has 4 aromatic rings. The quantitative estimate of drug-likeness (QED) is 0.383. The predicted molar refractivity (Wildman–Crippen MR) is 131 cm³/mol. The van der Waals surface area contributed by atoms with E-state index in [1.807, 2.05) is 55.5 Å². The number of hydrogen-bond donors (Lipinski definition) is 1. The van der Waals surface area contributed by atoms with Crippen LogP contribution in [0.4, 0.5) is 5.69 Å². The van der Waals surface area contributed by atoms with Crippen molar-refractivity contribution >= 4 is 17.6 Å². The van der Waals surface area contributed by atoms with Crippen LogP contribution in [0.3, 0.4) is 0 Å². The summed E-state index contributed by atoms with van der Waals surface area (Å²) in [5, 5.41) is 7.46. The van der Waals surface area contributed by atoms with Crippen LogP contribution in [0.15, 0.2) is 78.9 Å². The molecule has 0 aliphatic carbocycles. The highest BCUT2D eigenvalue weighted by Gasteiger charge is 2.19. The monoisotopic (exact) mass is 455 g/mol. The van der Waals surface area contributed by atoms with Crippen molar-refractivity contribution < 1.29 is 19.1 Å². The molecule has 0 spiro atoms. The molecule has 1 heterocycles. The van der Waals surface area contributed by atoms with E-state index in [1.54, 1.807) is 49.0 Å². The van der Waals surface area contributed by atoms with Gasteiger partial charge in [-0.15, -0.1) is 0 Å². The number of carbonyl (C=O) groups excluding carboxylic acids is 2. The van der Waals surface area contributed by atoms with E-state index in [2.05, 4.69) is 10.4 Å². The van der Waals surface area contributed by atoms with Crippen LogP contribution in [0, 0.1) is 6.92 Å². The topological polar surface area (TPSA) is 82.5 Å². The van der Waals surface area contributed by atoms with Crippen molar-refractivity contribution in [2.24, 2.45) is 0 Å². The molecule has 0 saturated heterocycles. The molecule has 1 N–H and O–H groups in total. The van der Waals surface area contributed by atoms with Gasteiger partial charge in [-0.25, -0.2) is 9.48 Å². The summed E-state index contributed by atoms with van der Waals surface area (Å²) in [6.07, 6.45) is 0. The summed E-state index contributed by atoms with van der Waals surface area (Å²) in [4.78, 5) is 25.2. The third-order valence-corrected chi connectivity index (χ3v) is 5.29. The molecule has 0 aliphatic rings. The number of carbonyl (C=O) groups is 2. The van der Waals surface area contributed by atoms with Crippen molar-refractivity contribution in [3.63, 3.8) is 0 Å². The molecule has 0 atom stereocenters. The smallest absolute Gasteiger partial charge is 0.358 e. The van der Waals surface area contributed by atoms with E-state index in [-0.39, 0.29) is 18.2 Å². The molecule has 172 valence electrons. The summed E-state index contributed by atoms with van der Waals surface area (Å²) in [5.41, 5.74) is 4.65. The molecular weight excluding hydrogens is 430 g/mol. The summed E-state index contributed by atoms with van der Waals surface area (Å²) in [5.74, 6) is -0.135. The van der Waals surface area contributed by atoms with Gasteiger partial charge in [-0.05, 0) is 61.9 Å². The first-order valence-corrected chi connectivity index (χ1v) is 10.9. The third-order valence-electron chi connectivity index (χ3n) is 5.29. The number of nitrogens with one attached hydrogen (secondary N) is 1. The van der Waals surface area contributed by atoms with Gasteiger partial charge in [0.2, 0.25) is 0 Å². The van der Waals surface area contributed by atoms with Gasteiger partial charge in [-0.1, -0.05) is 36.4 Å². The van der Waals surface area contributed by atoms with Gasteiger partial charge in [0.05, 0.1) is 25.1 Å². The number of amides is 1. The Labute approximate surface area is 197 Å². The van der Waals surface area contributed by atoms with Crippen molar-refractivity contribution in [1.29, 1.82) is 0 Å². The van der Waals surface area contributed by atoms with E-state index >= 15 is 0 Å². The number of aryl methyl sites for hydroxylation is 1. The van der Waals surface area contributed by atoms with E-state index in [1.165, 1.54) is 0 Å². The summed E-state index contributed by atoms with van der Waals surface area (Å²) < 4.78 is 12.1. The number of methoxy groups -OCH3 is 1. The minimum Gasteiger partial charge on any atom is -0.497 e. The van der Waals surface area contributed by atoms with Gasteiger partial charge in [-0.3, -0.25) is 4.79 Å². The molecule has 0 unspecified atom stereocenters. The largest absolute Gasteiger partial charge is 0.497 e. The lowest BCUT2D eigenvalue weighted by atomic mass is 10.1. The average molecular weight is 456 g/mol. The van der Waals surface area contributed by atoms with E-state index in [0.29, 0.717) is 22.7 Å². The maximum atomic E-state index is 12.8. The predicted octanol–water partition coefficient (Wildman–Crippen LogP) is 5.29. The van der Waals surface area contributed by atoms with Crippen LogP contribution in [0.5, 0.6) is 5.75 Å². The van der Waals surface area contributed by atoms with Crippen LogP contribution in [-0.4, -0.2) is 35.4 Å². The summed E-state index contributed by atoms with van der Waals surface area (Å²) in [6.45, 7) is 4.00. The van der Waals surface area contributed by atoms with Crippen molar-refractivity contribution in [1.82, 2.24) is 9.78 Å². The van der Waals surface area contributed by atoms with Gasteiger partial charge in [0.25, 0.3) is 5.91 Å². The Balaban J connectivity index is 1.71. The second kappa shape index (κ2) is 10.0. The molecule has 0 fully saturated rings. The van der Waals surface area contributed by atoms with Crippen LogP contribution in [0.25, 0.3) is 16.9 Å². The number of anilines is 1. The normalized spacial score (nSPS) is 10.6. The van der Waals surface area contributed by atoms with Gasteiger partial charge < -0.3 is 14.8 Å². The number of para-hydroxylation sites is 1. The lowest BCUT2D eigenvalue weighted by Gasteiger charge is -2.12. The van der Waals surface area contributed by atoms with Crippen LogP contribution in [-0.2, 0) is 4.74 Å². The second-order valence-corrected chi connectivity index (χ2v) is 7.60. The summed E-state index contributed by atoms with van der Waals surface area (Å²) in [6, 6.07) is 23.8. The number of aromatic nitrogens is 2. The van der Waals surface area contributed by atoms with E-state index in [0.717, 1.165) is 16.8 Å². The fraction of sp³-hybridized carbons (Fsp3) is 0.148. The molecule has 0 aliphatic heterocycles. The SMILES string of the molecule is CCOC(=O)c1cc(-c2cccc(NC(=O)c3cccc(OC)c3)c2)n(-c2ccccc2C)n1. The molecule has 1 amide bonds. The Bertz CT molecular complexity index is 1340. The molecule has 34 heavy (non-hydrogen) atoms. The Morgan fingerprint density at radius 3 is 2.53 bits per heavy atom. The van der Waals surface area contributed by atoms with Crippen LogP contribution in [0.2, 0.25) is 0 Å². The molecule has 4 rings (SSSR count). The minimum atomic E-state index is -0.487. The Morgan fingerprint density at radius 1 is 0.971 bits per heavy atom. The second-order valence-electron chi connectivity index (χ2n) is 7.60. The summed E-state index contributed by atoms with van der Waals surface area (Å²) in [7, 11) is 1.56.